The summed E-state index contributed by atoms with van der Waals surface area (Å²) in [6.07, 6.45) is 5.05. The Morgan fingerprint density at radius 2 is 1.90 bits per heavy atom. The van der Waals surface area contributed by atoms with Gasteiger partial charge < -0.3 is 15.4 Å². The maximum atomic E-state index is 12.3. The first-order valence-corrected chi connectivity index (χ1v) is 7.92. The minimum atomic E-state index is -0.368. The average molecular weight is 290 g/mol. The monoisotopic (exact) mass is 290 g/mol. The van der Waals surface area contributed by atoms with Crippen LogP contribution in [0.2, 0.25) is 0 Å². The highest BCUT2D eigenvalue weighted by Gasteiger charge is 2.21. The molecule has 1 aliphatic heterocycles. The van der Waals surface area contributed by atoms with Crippen LogP contribution in [0.25, 0.3) is 0 Å². The molecule has 0 radical (unpaired) electrons. The molecule has 1 unspecified atom stereocenters. The second-order valence-corrected chi connectivity index (χ2v) is 5.70. The van der Waals surface area contributed by atoms with Gasteiger partial charge in [-0.1, -0.05) is 31.0 Å². The van der Waals surface area contributed by atoms with Crippen LogP contribution in [0, 0.1) is 0 Å². The summed E-state index contributed by atoms with van der Waals surface area (Å²) in [6, 6.07) is 7.78. The van der Waals surface area contributed by atoms with E-state index in [0.29, 0.717) is 6.61 Å². The number of carbonyl (C=O) groups excluding carboxylic acids is 1. The highest BCUT2D eigenvalue weighted by atomic mass is 16.5. The Balaban J connectivity index is 1.77. The van der Waals surface area contributed by atoms with E-state index in [2.05, 4.69) is 0 Å². The quantitative estimate of drug-likeness (QED) is 0.848. The summed E-state index contributed by atoms with van der Waals surface area (Å²) < 4.78 is 5.71. The molecule has 1 aromatic rings. The van der Waals surface area contributed by atoms with E-state index in [-0.39, 0.29) is 12.0 Å². The Morgan fingerprint density at radius 1 is 1.24 bits per heavy atom. The van der Waals surface area contributed by atoms with Crippen LogP contribution in [0.3, 0.4) is 0 Å². The van der Waals surface area contributed by atoms with Crippen molar-refractivity contribution in [2.75, 3.05) is 25.4 Å². The first-order valence-electron chi connectivity index (χ1n) is 7.92. The van der Waals surface area contributed by atoms with Crippen LogP contribution in [-0.2, 0) is 16.0 Å². The third kappa shape index (κ3) is 4.74. The molecule has 0 bridgehead atoms. The number of nitrogen functional groups attached to an aromatic ring is 1. The van der Waals surface area contributed by atoms with E-state index in [9.17, 15) is 4.79 Å². The third-order valence-electron chi connectivity index (χ3n) is 4.06. The lowest BCUT2D eigenvalue weighted by molar-refractivity contribution is -0.142. The number of carbonyl (C=O) groups is 1. The Hall–Kier alpha value is -1.55. The molecule has 1 aromatic carbocycles. The molecular formula is C17H26N2O2. The van der Waals surface area contributed by atoms with Crippen molar-refractivity contribution < 1.29 is 9.53 Å². The van der Waals surface area contributed by atoms with Gasteiger partial charge in [-0.05, 0) is 37.8 Å². The van der Waals surface area contributed by atoms with Crippen molar-refractivity contribution in [3.8, 4) is 0 Å². The molecule has 116 valence electrons. The number of likely N-dealkylation sites (tertiary alicyclic amines) is 1. The SMILES string of the molecule is CC(OCCc1ccccc1N)C(=O)N1CCCCCC1. The van der Waals surface area contributed by atoms with Gasteiger partial charge in [0.05, 0.1) is 6.61 Å². The second-order valence-electron chi connectivity index (χ2n) is 5.70. The van der Waals surface area contributed by atoms with Gasteiger partial charge in [0.25, 0.3) is 5.91 Å². The number of rotatable bonds is 5. The van der Waals surface area contributed by atoms with Crippen LogP contribution >= 0.6 is 0 Å². The van der Waals surface area contributed by atoms with Crippen LogP contribution in [0.15, 0.2) is 24.3 Å². The summed E-state index contributed by atoms with van der Waals surface area (Å²) in [5, 5.41) is 0. The molecule has 1 amide bonds. The van der Waals surface area contributed by atoms with E-state index < -0.39 is 0 Å². The smallest absolute Gasteiger partial charge is 0.251 e. The van der Waals surface area contributed by atoms with Gasteiger partial charge >= 0.3 is 0 Å². The largest absolute Gasteiger partial charge is 0.399 e. The van der Waals surface area contributed by atoms with Crippen molar-refractivity contribution in [3.05, 3.63) is 29.8 Å². The summed E-state index contributed by atoms with van der Waals surface area (Å²) in [4.78, 5) is 14.3. The van der Waals surface area contributed by atoms with Crippen molar-refractivity contribution in [1.82, 2.24) is 4.90 Å². The van der Waals surface area contributed by atoms with Crippen molar-refractivity contribution in [3.63, 3.8) is 0 Å². The molecule has 1 atom stereocenters. The molecule has 2 rings (SSSR count). The number of hydrogen-bond acceptors (Lipinski definition) is 3. The van der Waals surface area contributed by atoms with Gasteiger partial charge in [0.15, 0.2) is 0 Å². The summed E-state index contributed by atoms with van der Waals surface area (Å²) in [6.45, 7) is 4.12. The maximum Gasteiger partial charge on any atom is 0.251 e. The summed E-state index contributed by atoms with van der Waals surface area (Å²) in [7, 11) is 0. The van der Waals surface area contributed by atoms with Crippen LogP contribution in [0.1, 0.15) is 38.2 Å². The number of hydrogen-bond donors (Lipinski definition) is 1. The number of amides is 1. The lowest BCUT2D eigenvalue weighted by atomic mass is 10.1. The molecule has 1 aliphatic rings. The van der Waals surface area contributed by atoms with E-state index in [4.69, 9.17) is 10.5 Å². The van der Waals surface area contributed by atoms with Crippen LogP contribution in [0.5, 0.6) is 0 Å². The molecular weight excluding hydrogens is 264 g/mol. The predicted molar refractivity (Wildman–Crippen MR) is 85.0 cm³/mol. The van der Waals surface area contributed by atoms with Crippen LogP contribution in [-0.4, -0.2) is 36.6 Å². The zero-order chi connectivity index (χ0) is 15.1. The highest BCUT2D eigenvalue weighted by molar-refractivity contribution is 5.80. The molecule has 1 saturated heterocycles. The second kappa shape index (κ2) is 8.03. The number of anilines is 1. The average Bonchev–Trinajstić information content (AvgIpc) is 2.77. The van der Waals surface area contributed by atoms with Crippen molar-refractivity contribution in [2.24, 2.45) is 0 Å². The number of nitrogens with two attached hydrogens (primary N) is 1. The fourth-order valence-electron chi connectivity index (χ4n) is 2.73. The van der Waals surface area contributed by atoms with E-state index in [0.717, 1.165) is 43.6 Å². The Labute approximate surface area is 127 Å². The van der Waals surface area contributed by atoms with Crippen LogP contribution < -0.4 is 5.73 Å². The lowest BCUT2D eigenvalue weighted by Gasteiger charge is -2.24. The fraction of sp³-hybridized carbons (Fsp3) is 0.588. The lowest BCUT2D eigenvalue weighted by Crippen LogP contribution is -2.39. The van der Waals surface area contributed by atoms with Crippen molar-refractivity contribution >= 4 is 11.6 Å². The third-order valence-corrected chi connectivity index (χ3v) is 4.06. The number of benzene rings is 1. The summed E-state index contributed by atoms with van der Waals surface area (Å²) >= 11 is 0. The molecule has 0 spiro atoms. The normalized spacial score (nSPS) is 17.3. The molecule has 2 N–H and O–H groups in total. The highest BCUT2D eigenvalue weighted by Crippen LogP contribution is 2.13. The van der Waals surface area contributed by atoms with Gasteiger partial charge in [0, 0.05) is 18.8 Å². The van der Waals surface area contributed by atoms with Crippen molar-refractivity contribution in [2.45, 2.75) is 45.1 Å². The topological polar surface area (TPSA) is 55.6 Å². The van der Waals surface area contributed by atoms with Gasteiger partial charge in [0.1, 0.15) is 6.10 Å². The summed E-state index contributed by atoms with van der Waals surface area (Å²) in [5.74, 6) is 0.123. The summed E-state index contributed by atoms with van der Waals surface area (Å²) in [5.41, 5.74) is 7.76. The Kier molecular flexibility index (Phi) is 6.05. The molecule has 1 fully saturated rings. The standard InChI is InChI=1S/C17H26N2O2/c1-14(17(20)19-11-6-2-3-7-12-19)21-13-10-15-8-4-5-9-16(15)18/h4-5,8-9,14H,2-3,6-7,10-13,18H2,1H3. The van der Waals surface area contributed by atoms with E-state index in [1.165, 1.54) is 12.8 Å². The maximum absolute atomic E-state index is 12.3. The minimum absolute atomic E-state index is 0.123. The molecule has 0 saturated carbocycles. The van der Waals surface area contributed by atoms with E-state index in [1.807, 2.05) is 36.1 Å². The zero-order valence-corrected chi connectivity index (χ0v) is 12.9. The number of ether oxygens (including phenoxy) is 1. The molecule has 0 aromatic heterocycles. The molecule has 21 heavy (non-hydrogen) atoms. The van der Waals surface area contributed by atoms with Gasteiger partial charge in [0.2, 0.25) is 0 Å². The van der Waals surface area contributed by atoms with E-state index in [1.54, 1.807) is 0 Å². The van der Waals surface area contributed by atoms with E-state index >= 15 is 0 Å². The molecule has 4 nitrogen and oxygen atoms in total. The fourth-order valence-corrected chi connectivity index (χ4v) is 2.73. The number of para-hydroxylation sites is 1. The molecule has 0 aliphatic carbocycles. The molecule has 1 heterocycles. The Morgan fingerprint density at radius 3 is 2.57 bits per heavy atom. The van der Waals surface area contributed by atoms with Crippen LogP contribution in [0.4, 0.5) is 5.69 Å². The first-order chi connectivity index (χ1) is 10.2. The zero-order valence-electron chi connectivity index (χ0n) is 12.9. The predicted octanol–water partition coefficient (Wildman–Crippen LogP) is 2.62. The van der Waals surface area contributed by atoms with Gasteiger partial charge in [-0.3, -0.25) is 4.79 Å². The first kappa shape index (κ1) is 15.8. The van der Waals surface area contributed by atoms with Gasteiger partial charge in [-0.25, -0.2) is 0 Å². The van der Waals surface area contributed by atoms with Gasteiger partial charge in [-0.15, -0.1) is 0 Å². The number of nitrogens with zero attached hydrogens (tertiary/aromatic N) is 1. The van der Waals surface area contributed by atoms with Gasteiger partial charge in [-0.2, -0.15) is 0 Å². The van der Waals surface area contributed by atoms with Crippen molar-refractivity contribution in [1.29, 1.82) is 0 Å². The Bertz CT molecular complexity index is 454. The minimum Gasteiger partial charge on any atom is -0.399 e. The molecule has 4 heteroatoms.